The van der Waals surface area contributed by atoms with E-state index in [-0.39, 0.29) is 18.2 Å². The van der Waals surface area contributed by atoms with Crippen LogP contribution in [0.25, 0.3) is 0 Å². The van der Waals surface area contributed by atoms with E-state index in [2.05, 4.69) is 5.32 Å². The predicted octanol–water partition coefficient (Wildman–Crippen LogP) is 4.97. The van der Waals surface area contributed by atoms with E-state index in [1.165, 1.54) is 29.2 Å². The molecule has 2 aromatic rings. The summed E-state index contributed by atoms with van der Waals surface area (Å²) in [5, 5.41) is 2.62. The molecular formula is C15H13ClF3NOS2. The van der Waals surface area contributed by atoms with Crippen LogP contribution in [0.3, 0.4) is 0 Å². The molecule has 0 aliphatic rings. The highest BCUT2D eigenvalue weighted by Gasteiger charge is 2.30. The first kappa shape index (κ1) is 18.2. The standard InChI is InChI=1S/C15H13ClF3NOS2/c16-13-5-4-12(23-13)8-22-9-14(21)20-7-10-2-1-3-11(6-10)15(17,18)19/h1-6H,7-9H2,(H,20,21). The molecular weight excluding hydrogens is 367 g/mol. The number of hydrogen-bond acceptors (Lipinski definition) is 3. The van der Waals surface area contributed by atoms with Crippen molar-refractivity contribution in [2.24, 2.45) is 0 Å². The van der Waals surface area contributed by atoms with Crippen LogP contribution >= 0.6 is 34.7 Å². The maximum Gasteiger partial charge on any atom is 0.416 e. The van der Waals surface area contributed by atoms with Crippen molar-refractivity contribution < 1.29 is 18.0 Å². The smallest absolute Gasteiger partial charge is 0.351 e. The van der Waals surface area contributed by atoms with Crippen molar-refractivity contribution in [2.45, 2.75) is 18.5 Å². The monoisotopic (exact) mass is 379 g/mol. The Morgan fingerprint density at radius 1 is 1.26 bits per heavy atom. The first-order valence-corrected chi connectivity index (χ1v) is 8.94. The van der Waals surface area contributed by atoms with Gasteiger partial charge in [-0.05, 0) is 29.8 Å². The third kappa shape index (κ3) is 6.08. The molecule has 0 atom stereocenters. The number of benzene rings is 1. The average Bonchev–Trinajstić information content (AvgIpc) is 2.90. The van der Waals surface area contributed by atoms with Gasteiger partial charge in [0.1, 0.15) is 0 Å². The van der Waals surface area contributed by atoms with Gasteiger partial charge in [0.25, 0.3) is 0 Å². The fraction of sp³-hybridized carbons (Fsp3) is 0.267. The molecule has 0 spiro atoms. The van der Waals surface area contributed by atoms with Crippen molar-refractivity contribution >= 4 is 40.6 Å². The summed E-state index contributed by atoms with van der Waals surface area (Å²) in [5.41, 5.74) is -0.295. The van der Waals surface area contributed by atoms with Gasteiger partial charge in [-0.2, -0.15) is 13.2 Å². The number of rotatable bonds is 6. The Bertz CT molecular complexity index is 673. The number of hydrogen-bond donors (Lipinski definition) is 1. The van der Waals surface area contributed by atoms with Crippen LogP contribution in [-0.2, 0) is 23.3 Å². The van der Waals surface area contributed by atoms with Crippen molar-refractivity contribution in [2.75, 3.05) is 5.75 Å². The Balaban J connectivity index is 1.76. The molecule has 0 radical (unpaired) electrons. The zero-order valence-electron chi connectivity index (χ0n) is 11.8. The first-order chi connectivity index (χ1) is 10.8. The second kappa shape index (κ2) is 8.08. The number of alkyl halides is 3. The minimum absolute atomic E-state index is 0.0775. The fourth-order valence-corrected chi connectivity index (χ4v) is 3.84. The van der Waals surface area contributed by atoms with Gasteiger partial charge in [-0.1, -0.05) is 23.7 Å². The van der Waals surface area contributed by atoms with E-state index in [4.69, 9.17) is 11.6 Å². The topological polar surface area (TPSA) is 29.1 Å². The highest BCUT2D eigenvalue weighted by Crippen LogP contribution is 2.29. The third-order valence-electron chi connectivity index (χ3n) is 2.85. The van der Waals surface area contributed by atoms with E-state index in [9.17, 15) is 18.0 Å². The highest BCUT2D eigenvalue weighted by molar-refractivity contribution is 7.99. The van der Waals surface area contributed by atoms with Crippen molar-refractivity contribution in [3.05, 3.63) is 56.7 Å². The lowest BCUT2D eigenvalue weighted by Gasteiger charge is -2.09. The molecule has 0 unspecified atom stereocenters. The number of nitrogens with one attached hydrogen (secondary N) is 1. The number of thiophene rings is 1. The van der Waals surface area contributed by atoms with Gasteiger partial charge in [0.2, 0.25) is 5.91 Å². The Labute approximate surface area is 145 Å². The summed E-state index contributed by atoms with van der Waals surface area (Å²) in [6, 6.07) is 8.64. The molecule has 124 valence electrons. The molecule has 2 nitrogen and oxygen atoms in total. The zero-order valence-corrected chi connectivity index (χ0v) is 14.2. The molecule has 0 aliphatic heterocycles. The van der Waals surface area contributed by atoms with Crippen LogP contribution in [0, 0.1) is 0 Å². The minimum Gasteiger partial charge on any atom is -0.351 e. The summed E-state index contributed by atoms with van der Waals surface area (Å²) >= 11 is 8.70. The molecule has 1 aromatic heterocycles. The summed E-state index contributed by atoms with van der Waals surface area (Å²) in [6.45, 7) is 0.0775. The van der Waals surface area contributed by atoms with Gasteiger partial charge in [0, 0.05) is 17.2 Å². The second-order valence-electron chi connectivity index (χ2n) is 4.67. The molecule has 0 saturated heterocycles. The van der Waals surface area contributed by atoms with Crippen molar-refractivity contribution in [1.82, 2.24) is 5.32 Å². The highest BCUT2D eigenvalue weighted by atomic mass is 35.5. The Hall–Kier alpha value is -1.18. The van der Waals surface area contributed by atoms with Gasteiger partial charge < -0.3 is 5.32 Å². The number of carbonyl (C=O) groups excluding carboxylic acids is 1. The molecule has 8 heteroatoms. The zero-order chi connectivity index (χ0) is 16.9. The Morgan fingerprint density at radius 3 is 2.70 bits per heavy atom. The molecule has 0 saturated carbocycles. The summed E-state index contributed by atoms with van der Waals surface area (Å²) in [4.78, 5) is 12.8. The van der Waals surface area contributed by atoms with Crippen LogP contribution in [0.4, 0.5) is 13.2 Å². The van der Waals surface area contributed by atoms with E-state index < -0.39 is 11.7 Å². The van der Waals surface area contributed by atoms with Crippen LogP contribution in [0.5, 0.6) is 0 Å². The number of carbonyl (C=O) groups is 1. The lowest BCUT2D eigenvalue weighted by molar-refractivity contribution is -0.137. The maximum absolute atomic E-state index is 12.6. The molecule has 1 N–H and O–H groups in total. The molecule has 0 aliphatic carbocycles. The second-order valence-corrected chi connectivity index (χ2v) is 7.46. The quantitative estimate of drug-likeness (QED) is 0.767. The van der Waals surface area contributed by atoms with Crippen LogP contribution < -0.4 is 5.32 Å². The summed E-state index contributed by atoms with van der Waals surface area (Å²) in [7, 11) is 0. The maximum atomic E-state index is 12.6. The van der Waals surface area contributed by atoms with Crippen molar-refractivity contribution in [3.8, 4) is 0 Å². The minimum atomic E-state index is -4.38. The fourth-order valence-electron chi connectivity index (χ4n) is 1.78. The van der Waals surface area contributed by atoms with Crippen molar-refractivity contribution in [1.29, 1.82) is 0 Å². The SMILES string of the molecule is O=C(CSCc1ccc(Cl)s1)NCc1cccc(C(F)(F)F)c1. The first-order valence-electron chi connectivity index (χ1n) is 6.59. The van der Waals surface area contributed by atoms with Gasteiger partial charge in [-0.3, -0.25) is 4.79 Å². The molecule has 23 heavy (non-hydrogen) atoms. The van der Waals surface area contributed by atoms with E-state index in [1.54, 1.807) is 12.1 Å². The third-order valence-corrected chi connectivity index (χ3v) is 5.25. The largest absolute Gasteiger partial charge is 0.416 e. The van der Waals surface area contributed by atoms with Crippen molar-refractivity contribution in [3.63, 3.8) is 0 Å². The normalized spacial score (nSPS) is 11.5. The average molecular weight is 380 g/mol. The molecule has 0 bridgehead atoms. The Kier molecular flexibility index (Phi) is 6.38. The summed E-state index contributed by atoms with van der Waals surface area (Å²) in [5.74, 6) is 0.707. The van der Waals surface area contributed by atoms with E-state index in [1.807, 2.05) is 6.07 Å². The molecule has 2 rings (SSSR count). The van der Waals surface area contributed by atoms with Crippen LogP contribution in [-0.4, -0.2) is 11.7 Å². The van der Waals surface area contributed by atoms with E-state index in [0.717, 1.165) is 17.0 Å². The van der Waals surface area contributed by atoms with Gasteiger partial charge in [0.05, 0.1) is 15.7 Å². The molecule has 0 fully saturated rings. The van der Waals surface area contributed by atoms with Crippen LogP contribution in [0.15, 0.2) is 36.4 Å². The molecule has 1 amide bonds. The number of thioether (sulfide) groups is 1. The van der Waals surface area contributed by atoms with Gasteiger partial charge in [-0.25, -0.2) is 0 Å². The predicted molar refractivity (Wildman–Crippen MR) is 88.8 cm³/mol. The van der Waals surface area contributed by atoms with E-state index >= 15 is 0 Å². The van der Waals surface area contributed by atoms with Crippen LogP contribution in [0.2, 0.25) is 4.34 Å². The number of amides is 1. The lowest BCUT2D eigenvalue weighted by atomic mass is 10.1. The summed E-state index contributed by atoms with van der Waals surface area (Å²) in [6.07, 6.45) is -4.38. The van der Waals surface area contributed by atoms with Crippen LogP contribution in [0.1, 0.15) is 16.0 Å². The summed E-state index contributed by atoms with van der Waals surface area (Å²) < 4.78 is 38.5. The van der Waals surface area contributed by atoms with E-state index in [0.29, 0.717) is 15.7 Å². The molecule has 1 aromatic carbocycles. The van der Waals surface area contributed by atoms with Gasteiger partial charge >= 0.3 is 6.18 Å². The van der Waals surface area contributed by atoms with Gasteiger partial charge in [-0.15, -0.1) is 23.1 Å². The van der Waals surface area contributed by atoms with Gasteiger partial charge in [0.15, 0.2) is 0 Å². The Morgan fingerprint density at radius 2 is 2.04 bits per heavy atom. The number of halogens is 4. The molecule has 1 heterocycles. The lowest BCUT2D eigenvalue weighted by Crippen LogP contribution is -2.24.